The van der Waals surface area contributed by atoms with Crippen molar-refractivity contribution in [1.29, 1.82) is 0 Å². The Balaban J connectivity index is 2.17. The first-order valence-corrected chi connectivity index (χ1v) is 5.90. The van der Waals surface area contributed by atoms with Crippen molar-refractivity contribution in [1.82, 2.24) is 0 Å². The van der Waals surface area contributed by atoms with Crippen molar-refractivity contribution in [2.45, 2.75) is 0 Å². The van der Waals surface area contributed by atoms with Crippen molar-refractivity contribution in [2.75, 3.05) is 24.6 Å². The maximum absolute atomic E-state index is 11.6. The lowest BCUT2D eigenvalue weighted by Crippen LogP contribution is -2.45. The molecule has 1 aromatic rings. The lowest BCUT2D eigenvalue weighted by molar-refractivity contribution is 0.117. The predicted octanol–water partition coefficient (Wildman–Crippen LogP) is 1.98. The van der Waals surface area contributed by atoms with Crippen LogP contribution in [-0.2, 0) is 4.74 Å². The van der Waals surface area contributed by atoms with Gasteiger partial charge in [0.15, 0.2) is 0 Å². The maximum atomic E-state index is 11.6. The quantitative estimate of drug-likeness (QED) is 0.904. The van der Waals surface area contributed by atoms with Gasteiger partial charge in [-0.05, 0) is 24.3 Å². The van der Waals surface area contributed by atoms with Crippen LogP contribution in [0.4, 0.5) is 10.5 Å². The predicted molar refractivity (Wildman–Crippen MR) is 65.4 cm³/mol. The summed E-state index contributed by atoms with van der Waals surface area (Å²) < 4.78 is 6.06. The minimum atomic E-state index is -0.299. The fourth-order valence-corrected chi connectivity index (χ4v) is 1.89. The Labute approximate surface area is 102 Å². The SMILES string of the molecule is NCC1COC(=O)N(c2ccc(Br)cc2)C1. The molecule has 0 radical (unpaired) electrons. The summed E-state index contributed by atoms with van der Waals surface area (Å²) in [7, 11) is 0. The Morgan fingerprint density at radius 1 is 1.44 bits per heavy atom. The molecule has 0 saturated carbocycles. The van der Waals surface area contributed by atoms with Gasteiger partial charge in [-0.2, -0.15) is 0 Å². The van der Waals surface area contributed by atoms with E-state index in [-0.39, 0.29) is 12.0 Å². The molecule has 1 aromatic carbocycles. The number of ether oxygens (including phenoxy) is 1. The summed E-state index contributed by atoms with van der Waals surface area (Å²) in [5, 5.41) is 0. The van der Waals surface area contributed by atoms with Crippen molar-refractivity contribution in [3.63, 3.8) is 0 Å². The minimum Gasteiger partial charge on any atom is -0.449 e. The van der Waals surface area contributed by atoms with E-state index in [1.807, 2.05) is 24.3 Å². The number of cyclic esters (lactones) is 1. The van der Waals surface area contributed by atoms with Crippen molar-refractivity contribution in [3.05, 3.63) is 28.7 Å². The standard InChI is InChI=1S/C11H13BrN2O2/c12-9-1-3-10(4-2-9)14-6-8(5-13)7-16-11(14)15/h1-4,8H,5-7,13H2. The molecule has 4 nitrogen and oxygen atoms in total. The highest BCUT2D eigenvalue weighted by Crippen LogP contribution is 2.22. The summed E-state index contributed by atoms with van der Waals surface area (Å²) in [5.41, 5.74) is 6.43. The number of benzene rings is 1. The number of halogens is 1. The Morgan fingerprint density at radius 3 is 2.75 bits per heavy atom. The van der Waals surface area contributed by atoms with Gasteiger partial charge in [0.2, 0.25) is 0 Å². The van der Waals surface area contributed by atoms with Crippen LogP contribution in [0.1, 0.15) is 0 Å². The van der Waals surface area contributed by atoms with E-state index in [9.17, 15) is 4.79 Å². The summed E-state index contributed by atoms with van der Waals surface area (Å²) in [6.45, 7) is 1.57. The molecule has 16 heavy (non-hydrogen) atoms. The van der Waals surface area contributed by atoms with Crippen LogP contribution in [0.3, 0.4) is 0 Å². The van der Waals surface area contributed by atoms with Crippen molar-refractivity contribution >= 4 is 27.7 Å². The maximum Gasteiger partial charge on any atom is 0.414 e. The molecule has 2 N–H and O–H groups in total. The van der Waals surface area contributed by atoms with Crippen LogP contribution in [0.2, 0.25) is 0 Å². The summed E-state index contributed by atoms with van der Waals surface area (Å²) in [6, 6.07) is 7.55. The van der Waals surface area contributed by atoms with Gasteiger partial charge in [0.1, 0.15) is 0 Å². The molecule has 2 rings (SSSR count). The van der Waals surface area contributed by atoms with Crippen molar-refractivity contribution in [2.24, 2.45) is 11.7 Å². The largest absolute Gasteiger partial charge is 0.449 e. The first-order chi connectivity index (χ1) is 7.70. The fraction of sp³-hybridized carbons (Fsp3) is 0.364. The molecule has 0 aromatic heterocycles. The van der Waals surface area contributed by atoms with Gasteiger partial charge in [-0.25, -0.2) is 4.79 Å². The zero-order chi connectivity index (χ0) is 11.5. The first-order valence-electron chi connectivity index (χ1n) is 5.10. The number of amides is 1. The lowest BCUT2D eigenvalue weighted by Gasteiger charge is -2.31. The van der Waals surface area contributed by atoms with Gasteiger partial charge >= 0.3 is 6.09 Å². The van der Waals surface area contributed by atoms with Gasteiger partial charge in [0.05, 0.1) is 6.61 Å². The Hall–Kier alpha value is -1.07. The number of nitrogens with zero attached hydrogens (tertiary/aromatic N) is 1. The van der Waals surface area contributed by atoms with E-state index < -0.39 is 0 Å². The Morgan fingerprint density at radius 2 is 2.12 bits per heavy atom. The Bertz CT molecular complexity index is 380. The topological polar surface area (TPSA) is 55.6 Å². The molecule has 1 fully saturated rings. The zero-order valence-corrected chi connectivity index (χ0v) is 10.3. The molecular weight excluding hydrogens is 272 g/mol. The van der Waals surface area contributed by atoms with Crippen molar-refractivity contribution < 1.29 is 9.53 Å². The minimum absolute atomic E-state index is 0.210. The molecule has 0 aliphatic carbocycles. The van der Waals surface area contributed by atoms with Crippen LogP contribution in [-0.4, -0.2) is 25.8 Å². The first kappa shape index (κ1) is 11.4. The number of nitrogens with two attached hydrogens (primary N) is 1. The van der Waals surface area contributed by atoms with E-state index in [0.717, 1.165) is 10.2 Å². The summed E-state index contributed by atoms with van der Waals surface area (Å²) >= 11 is 3.36. The van der Waals surface area contributed by atoms with Crippen molar-refractivity contribution in [3.8, 4) is 0 Å². The smallest absolute Gasteiger partial charge is 0.414 e. The highest BCUT2D eigenvalue weighted by atomic mass is 79.9. The molecule has 5 heteroatoms. The second-order valence-electron chi connectivity index (χ2n) is 3.77. The average Bonchev–Trinajstić information content (AvgIpc) is 2.31. The van der Waals surface area contributed by atoms with Crippen LogP contribution in [0, 0.1) is 5.92 Å². The zero-order valence-electron chi connectivity index (χ0n) is 8.73. The second kappa shape index (κ2) is 4.84. The number of anilines is 1. The highest BCUT2D eigenvalue weighted by molar-refractivity contribution is 9.10. The van der Waals surface area contributed by atoms with E-state index >= 15 is 0 Å². The molecule has 0 bridgehead atoms. The summed E-state index contributed by atoms with van der Waals surface area (Å²) in [5.74, 6) is 0.210. The van der Waals surface area contributed by atoms with Gasteiger partial charge in [-0.3, -0.25) is 4.90 Å². The summed E-state index contributed by atoms with van der Waals surface area (Å²) in [4.78, 5) is 13.2. The molecule has 1 saturated heterocycles. The van der Waals surface area contributed by atoms with Crippen LogP contribution >= 0.6 is 15.9 Å². The van der Waals surface area contributed by atoms with E-state index in [1.165, 1.54) is 0 Å². The fourth-order valence-electron chi connectivity index (χ4n) is 1.63. The molecule has 1 amide bonds. The third-order valence-corrected chi connectivity index (χ3v) is 3.10. The van der Waals surface area contributed by atoms with E-state index in [1.54, 1.807) is 4.90 Å². The second-order valence-corrected chi connectivity index (χ2v) is 4.68. The number of hydrogen-bond acceptors (Lipinski definition) is 3. The van der Waals surface area contributed by atoms with Crippen LogP contribution in [0.15, 0.2) is 28.7 Å². The molecule has 1 unspecified atom stereocenters. The third kappa shape index (κ3) is 2.36. The van der Waals surface area contributed by atoms with Gasteiger partial charge < -0.3 is 10.5 Å². The van der Waals surface area contributed by atoms with Gasteiger partial charge in [-0.15, -0.1) is 0 Å². The molecular formula is C11H13BrN2O2. The monoisotopic (exact) mass is 284 g/mol. The molecule has 1 aliphatic heterocycles. The van der Waals surface area contributed by atoms with E-state index in [0.29, 0.717) is 19.7 Å². The third-order valence-electron chi connectivity index (χ3n) is 2.58. The average molecular weight is 285 g/mol. The van der Waals surface area contributed by atoms with Gasteiger partial charge in [0.25, 0.3) is 0 Å². The number of hydrogen-bond donors (Lipinski definition) is 1. The van der Waals surface area contributed by atoms with E-state index in [2.05, 4.69) is 15.9 Å². The van der Waals surface area contributed by atoms with Crippen LogP contribution in [0.25, 0.3) is 0 Å². The summed E-state index contributed by atoms with van der Waals surface area (Å²) in [6.07, 6.45) is -0.299. The van der Waals surface area contributed by atoms with Crippen LogP contribution < -0.4 is 10.6 Å². The van der Waals surface area contributed by atoms with Gasteiger partial charge in [0, 0.05) is 29.2 Å². The Kier molecular flexibility index (Phi) is 3.46. The molecule has 0 spiro atoms. The molecule has 1 heterocycles. The number of rotatable bonds is 2. The highest BCUT2D eigenvalue weighted by Gasteiger charge is 2.27. The van der Waals surface area contributed by atoms with E-state index in [4.69, 9.17) is 10.5 Å². The van der Waals surface area contributed by atoms with Crippen LogP contribution in [0.5, 0.6) is 0 Å². The molecule has 1 aliphatic rings. The lowest BCUT2D eigenvalue weighted by atomic mass is 10.1. The number of carbonyl (C=O) groups excluding carboxylic acids is 1. The molecule has 86 valence electrons. The normalized spacial score (nSPS) is 20.8. The number of carbonyl (C=O) groups is 1. The molecule has 1 atom stereocenters. The van der Waals surface area contributed by atoms with Gasteiger partial charge in [-0.1, -0.05) is 15.9 Å².